The molecule has 1 saturated heterocycles. The van der Waals surface area contributed by atoms with Crippen LogP contribution in [0.4, 0.5) is 5.13 Å². The Balaban J connectivity index is 1.54. The highest BCUT2D eigenvalue weighted by molar-refractivity contribution is 8.00. The number of fused-ring (bicyclic) bond motifs is 1. The molecule has 41 heavy (non-hydrogen) atoms. The quantitative estimate of drug-likeness (QED) is 0.130. The third kappa shape index (κ3) is 6.68. The summed E-state index contributed by atoms with van der Waals surface area (Å²) in [6, 6.07) is 4.41. The molecule has 15 heteroatoms. The van der Waals surface area contributed by atoms with Gasteiger partial charge >= 0.3 is 5.97 Å². The number of carbonyl (C=O) groups is 4. The van der Waals surface area contributed by atoms with Gasteiger partial charge in [0.2, 0.25) is 5.60 Å². The molecule has 2 aliphatic rings. The van der Waals surface area contributed by atoms with Crippen LogP contribution in [0, 0.1) is 0 Å². The van der Waals surface area contributed by atoms with Gasteiger partial charge in [0.15, 0.2) is 29.8 Å². The van der Waals surface area contributed by atoms with Crippen molar-refractivity contribution in [1.29, 1.82) is 0 Å². The number of nitrogens with zero attached hydrogens (tertiary/aromatic N) is 4. The van der Waals surface area contributed by atoms with Gasteiger partial charge in [-0.1, -0.05) is 11.2 Å². The number of nitrogens with one attached hydrogen (secondary N) is 1. The van der Waals surface area contributed by atoms with Crippen molar-refractivity contribution in [2.45, 2.75) is 63.8 Å². The third-order valence-corrected chi connectivity index (χ3v) is 7.93. The molecule has 0 radical (unpaired) electrons. The van der Waals surface area contributed by atoms with Crippen LogP contribution in [-0.2, 0) is 35.3 Å². The summed E-state index contributed by atoms with van der Waals surface area (Å²) in [5, 5.41) is 19.6. The number of rotatable bonds is 9. The Morgan fingerprint density at radius 3 is 2.49 bits per heavy atom. The molecule has 3 N–H and O–H groups in total. The van der Waals surface area contributed by atoms with Gasteiger partial charge < -0.3 is 30.5 Å². The van der Waals surface area contributed by atoms with Crippen LogP contribution in [-0.4, -0.2) is 67.7 Å². The summed E-state index contributed by atoms with van der Waals surface area (Å²) < 4.78 is 7.16. The predicted octanol–water partition coefficient (Wildman–Crippen LogP) is -0.0421. The molecule has 2 unspecified atom stereocenters. The topological polar surface area (TPSA) is 180 Å². The van der Waals surface area contributed by atoms with Crippen molar-refractivity contribution >= 4 is 57.7 Å². The fourth-order valence-corrected chi connectivity index (χ4v) is 5.84. The van der Waals surface area contributed by atoms with Crippen LogP contribution in [0.25, 0.3) is 0 Å². The molecule has 2 aromatic rings. The van der Waals surface area contributed by atoms with Crippen LogP contribution < -0.4 is 20.7 Å². The summed E-state index contributed by atoms with van der Waals surface area (Å²) >= 11 is 2.37. The van der Waals surface area contributed by atoms with E-state index in [-0.39, 0.29) is 28.8 Å². The third-order valence-electron chi connectivity index (χ3n) is 5.91. The first kappa shape index (κ1) is 30.0. The normalized spacial score (nSPS) is 19.3. The molecule has 0 aromatic carbocycles. The number of nitrogen functional groups attached to an aromatic ring is 1. The van der Waals surface area contributed by atoms with E-state index in [0.717, 1.165) is 16.2 Å². The van der Waals surface area contributed by atoms with Crippen LogP contribution >= 0.6 is 23.1 Å². The maximum Gasteiger partial charge on any atom is 0.353 e. The fourth-order valence-electron chi connectivity index (χ4n) is 3.96. The summed E-state index contributed by atoms with van der Waals surface area (Å²) in [7, 11) is 0. The number of thioether (sulfide) groups is 1. The van der Waals surface area contributed by atoms with E-state index in [1.165, 1.54) is 31.0 Å². The summed E-state index contributed by atoms with van der Waals surface area (Å²) in [5.74, 6) is -3.31. The molecule has 218 valence electrons. The number of amides is 2. The second kappa shape index (κ2) is 11.5. The minimum atomic E-state index is -1.57. The molecule has 0 spiro atoms. The monoisotopic (exact) mass is 602 g/mol. The van der Waals surface area contributed by atoms with Crippen LogP contribution in [0.5, 0.6) is 0 Å². The number of carboxylic acid groups (broad SMARTS) is 1. The molecule has 13 nitrogen and oxygen atoms in total. The molecule has 2 amide bonds. The van der Waals surface area contributed by atoms with Gasteiger partial charge in [-0.25, -0.2) is 14.3 Å². The number of β-lactam (4-membered cyclic amide) rings is 1. The number of aliphatic carboxylic acids is 1. The Bertz CT molecular complexity index is 1430. The predicted molar refractivity (Wildman–Crippen MR) is 148 cm³/mol. The van der Waals surface area contributed by atoms with Gasteiger partial charge in [-0.3, -0.25) is 14.5 Å². The lowest BCUT2D eigenvalue weighted by molar-refractivity contribution is -0.689. The summed E-state index contributed by atoms with van der Waals surface area (Å²) in [5.41, 5.74) is 3.46. The highest BCUT2D eigenvalue weighted by Crippen LogP contribution is 2.40. The van der Waals surface area contributed by atoms with Crippen molar-refractivity contribution < 1.29 is 38.4 Å². The maximum atomic E-state index is 13.4. The Morgan fingerprint density at radius 1 is 1.22 bits per heavy atom. The van der Waals surface area contributed by atoms with Crippen molar-refractivity contribution in [3.05, 3.63) is 52.9 Å². The first-order chi connectivity index (χ1) is 19.2. The van der Waals surface area contributed by atoms with Crippen LogP contribution in [0.3, 0.4) is 0 Å². The van der Waals surface area contributed by atoms with E-state index in [9.17, 15) is 24.3 Å². The van der Waals surface area contributed by atoms with Gasteiger partial charge in [0.1, 0.15) is 22.7 Å². The zero-order chi connectivity index (χ0) is 30.1. The first-order valence-corrected chi connectivity index (χ1v) is 14.4. The van der Waals surface area contributed by atoms with Crippen molar-refractivity contribution in [3.8, 4) is 0 Å². The number of hydrogen-bond acceptors (Lipinski definition) is 12. The van der Waals surface area contributed by atoms with Crippen molar-refractivity contribution in [3.63, 3.8) is 0 Å². The number of hydrogen-bond donors (Lipinski definition) is 2. The number of ether oxygens (including phenoxy) is 1. The van der Waals surface area contributed by atoms with Crippen molar-refractivity contribution in [2.75, 3.05) is 11.5 Å². The molecule has 4 rings (SSSR count). The van der Waals surface area contributed by atoms with Crippen molar-refractivity contribution in [2.24, 2.45) is 5.16 Å². The molecule has 0 bridgehead atoms. The van der Waals surface area contributed by atoms with Crippen molar-refractivity contribution in [1.82, 2.24) is 15.2 Å². The molecule has 1 fully saturated rings. The molecule has 2 atom stereocenters. The molecule has 2 aromatic heterocycles. The SMILES string of the molecule is CC(C)(C)OC(=O)C(C)(C)ON=C(C(=O)NC1C(=O)N2C(C(=O)[O-])=C(C[n+]3ccccc3)CSC12)c1csc(N)n1. The summed E-state index contributed by atoms with van der Waals surface area (Å²) in [4.78, 5) is 61.9. The minimum Gasteiger partial charge on any atom is -0.543 e. The number of carbonyl (C=O) groups excluding carboxylic acids is 4. The van der Waals surface area contributed by atoms with Crippen LogP contribution in [0.1, 0.15) is 40.3 Å². The van der Waals surface area contributed by atoms with Crippen LogP contribution in [0.2, 0.25) is 0 Å². The number of carboxylic acids is 1. The van der Waals surface area contributed by atoms with Gasteiger partial charge in [0.25, 0.3) is 11.8 Å². The van der Waals surface area contributed by atoms with E-state index >= 15 is 0 Å². The second-order valence-corrected chi connectivity index (χ2v) is 12.8. The standard InChI is InChI=1S/C26H30N6O7S2/c1-25(2,3)38-23(37)26(4,5)39-30-16(15-13-41-24(27)28-15)19(33)29-17-20(34)32-18(22(35)36)14(12-40-21(17)32)11-31-9-7-6-8-10-31/h6-10,13,17,21H,11-12H2,1-5H3,(H3-,27,28,29,33,35,36). The van der Waals surface area contributed by atoms with Gasteiger partial charge in [-0.2, -0.15) is 0 Å². The minimum absolute atomic E-state index is 0.0717. The highest BCUT2D eigenvalue weighted by atomic mass is 32.2. The lowest BCUT2D eigenvalue weighted by Gasteiger charge is -2.50. The molecule has 4 heterocycles. The number of thiazole rings is 1. The number of esters is 1. The smallest absolute Gasteiger partial charge is 0.353 e. The Hall–Kier alpha value is -3.98. The lowest BCUT2D eigenvalue weighted by Crippen LogP contribution is -2.71. The average Bonchev–Trinajstić information content (AvgIpc) is 3.32. The number of nitrogens with two attached hydrogens (primary N) is 1. The van der Waals surface area contributed by atoms with E-state index in [0.29, 0.717) is 11.3 Å². The van der Waals surface area contributed by atoms with E-state index in [4.69, 9.17) is 15.3 Å². The van der Waals surface area contributed by atoms with E-state index in [2.05, 4.69) is 15.5 Å². The summed E-state index contributed by atoms with van der Waals surface area (Å²) in [6.45, 7) is 8.23. The molecule has 0 saturated carbocycles. The van der Waals surface area contributed by atoms with Gasteiger partial charge in [-0.05, 0) is 34.6 Å². The average molecular weight is 603 g/mol. The highest BCUT2D eigenvalue weighted by Gasteiger charge is 2.53. The Morgan fingerprint density at radius 2 is 1.90 bits per heavy atom. The molecule has 0 aliphatic carbocycles. The summed E-state index contributed by atoms with van der Waals surface area (Å²) in [6.07, 6.45) is 3.58. The largest absolute Gasteiger partial charge is 0.543 e. The number of anilines is 1. The van der Waals surface area contributed by atoms with Gasteiger partial charge in [0.05, 0.1) is 11.7 Å². The molecular formula is C26H30N6O7S2. The van der Waals surface area contributed by atoms with E-state index in [1.54, 1.807) is 37.7 Å². The van der Waals surface area contributed by atoms with Crippen LogP contribution in [0.15, 0.2) is 52.4 Å². The Kier molecular flexibility index (Phi) is 8.40. The lowest BCUT2D eigenvalue weighted by atomic mass is 10.0. The number of pyridine rings is 1. The van der Waals surface area contributed by atoms with Gasteiger partial charge in [0, 0.05) is 28.8 Å². The number of oxime groups is 1. The zero-order valence-electron chi connectivity index (χ0n) is 23.1. The van der Waals surface area contributed by atoms with E-state index in [1.807, 2.05) is 18.2 Å². The maximum absolute atomic E-state index is 13.4. The fraction of sp³-hybridized carbons (Fsp3) is 0.423. The Labute approximate surface area is 244 Å². The zero-order valence-corrected chi connectivity index (χ0v) is 24.7. The van der Waals surface area contributed by atoms with E-state index < -0.39 is 46.4 Å². The first-order valence-electron chi connectivity index (χ1n) is 12.5. The molecule has 2 aliphatic heterocycles. The molecular weight excluding hydrogens is 572 g/mol. The second-order valence-electron chi connectivity index (χ2n) is 10.8. The van der Waals surface area contributed by atoms with Gasteiger partial charge in [-0.15, -0.1) is 23.1 Å². The number of aromatic nitrogens is 2.